The Hall–Kier alpha value is -2.41. The van der Waals surface area contributed by atoms with Crippen molar-refractivity contribution in [2.75, 3.05) is 32.1 Å². The van der Waals surface area contributed by atoms with Crippen molar-refractivity contribution >= 4 is 5.69 Å². The molecule has 0 aromatic heterocycles. The molecule has 0 bridgehead atoms. The second-order valence-electron chi connectivity index (χ2n) is 6.94. The number of hydrogen-bond donors (Lipinski definition) is 1. The molecule has 2 aliphatic heterocycles. The van der Waals surface area contributed by atoms with Crippen molar-refractivity contribution in [1.82, 2.24) is 5.32 Å². The van der Waals surface area contributed by atoms with E-state index in [1.54, 1.807) is 42.3 Å². The number of para-hydroxylation sites is 2. The molecule has 4 nitrogen and oxygen atoms in total. The SMILES string of the molecule is COc1ccccc1Oc1cc2c(c(C(F)(F)F)c1)N(C)C1CCNCC21. The van der Waals surface area contributed by atoms with E-state index in [1.165, 1.54) is 7.11 Å². The zero-order valence-corrected chi connectivity index (χ0v) is 15.1. The maximum Gasteiger partial charge on any atom is 0.418 e. The van der Waals surface area contributed by atoms with Crippen LogP contribution in [0.25, 0.3) is 0 Å². The number of rotatable bonds is 3. The molecule has 7 heteroatoms. The number of nitrogens with zero attached hydrogens (tertiary/aromatic N) is 1. The first-order chi connectivity index (χ1) is 12.9. The molecule has 2 aromatic carbocycles. The monoisotopic (exact) mass is 378 g/mol. The minimum atomic E-state index is -4.46. The third-order valence-electron chi connectivity index (χ3n) is 5.41. The number of anilines is 1. The zero-order valence-electron chi connectivity index (χ0n) is 15.1. The topological polar surface area (TPSA) is 33.7 Å². The Morgan fingerprint density at radius 2 is 1.89 bits per heavy atom. The minimum absolute atomic E-state index is 0.0149. The molecule has 2 atom stereocenters. The molecule has 0 radical (unpaired) electrons. The van der Waals surface area contributed by atoms with Gasteiger partial charge in [0, 0.05) is 25.6 Å². The maximum absolute atomic E-state index is 13.8. The van der Waals surface area contributed by atoms with Gasteiger partial charge in [0.15, 0.2) is 11.5 Å². The lowest BCUT2D eigenvalue weighted by Gasteiger charge is -2.31. The summed E-state index contributed by atoms with van der Waals surface area (Å²) in [5.74, 6) is 1.05. The first-order valence-corrected chi connectivity index (χ1v) is 8.89. The van der Waals surface area contributed by atoms with Crippen molar-refractivity contribution in [3.63, 3.8) is 0 Å². The standard InChI is InChI=1S/C20H21F3N2O2/c1-25-16-7-8-24-11-14(16)13-9-12(10-15(19(13)25)20(21,22)23)27-18-6-4-3-5-17(18)26-2/h3-6,9-10,14,16,24H,7-8,11H2,1-2H3. The largest absolute Gasteiger partial charge is 0.493 e. The molecule has 4 rings (SSSR count). The number of nitrogens with one attached hydrogen (secondary N) is 1. The van der Waals surface area contributed by atoms with E-state index < -0.39 is 11.7 Å². The van der Waals surface area contributed by atoms with Crippen LogP contribution in [0.3, 0.4) is 0 Å². The van der Waals surface area contributed by atoms with Crippen LogP contribution < -0.4 is 19.7 Å². The first kappa shape index (κ1) is 18.0. The highest BCUT2D eigenvalue weighted by atomic mass is 19.4. The van der Waals surface area contributed by atoms with Gasteiger partial charge in [-0.25, -0.2) is 0 Å². The Morgan fingerprint density at radius 1 is 1.15 bits per heavy atom. The predicted molar refractivity (Wildman–Crippen MR) is 96.9 cm³/mol. The number of piperidine rings is 1. The summed E-state index contributed by atoms with van der Waals surface area (Å²) in [5.41, 5.74) is 0.310. The van der Waals surface area contributed by atoms with Crippen LogP contribution in [0, 0.1) is 0 Å². The van der Waals surface area contributed by atoms with Gasteiger partial charge < -0.3 is 19.7 Å². The van der Waals surface area contributed by atoms with E-state index in [4.69, 9.17) is 9.47 Å². The van der Waals surface area contributed by atoms with Crippen molar-refractivity contribution in [2.45, 2.75) is 24.6 Å². The van der Waals surface area contributed by atoms with Gasteiger partial charge in [-0.15, -0.1) is 0 Å². The molecule has 0 saturated carbocycles. The van der Waals surface area contributed by atoms with Gasteiger partial charge in [0.2, 0.25) is 0 Å². The van der Waals surface area contributed by atoms with E-state index in [0.717, 1.165) is 19.0 Å². The van der Waals surface area contributed by atoms with Crippen molar-refractivity contribution in [3.05, 3.63) is 47.5 Å². The van der Waals surface area contributed by atoms with Gasteiger partial charge in [-0.3, -0.25) is 0 Å². The Kier molecular flexibility index (Phi) is 4.42. The van der Waals surface area contributed by atoms with Gasteiger partial charge in [-0.05, 0) is 42.8 Å². The molecule has 27 heavy (non-hydrogen) atoms. The number of fused-ring (bicyclic) bond motifs is 3. The molecule has 0 spiro atoms. The number of ether oxygens (including phenoxy) is 2. The summed E-state index contributed by atoms with van der Waals surface area (Å²) in [6, 6.07) is 9.83. The fourth-order valence-corrected chi connectivity index (χ4v) is 4.20. The average Bonchev–Trinajstić information content (AvgIpc) is 2.94. The number of likely N-dealkylation sites (N-methyl/N-ethyl adjacent to an activating group) is 1. The molecular weight excluding hydrogens is 357 g/mol. The Balaban J connectivity index is 1.81. The average molecular weight is 378 g/mol. The first-order valence-electron chi connectivity index (χ1n) is 8.89. The van der Waals surface area contributed by atoms with Gasteiger partial charge in [0.05, 0.1) is 18.4 Å². The second kappa shape index (κ2) is 6.64. The quantitative estimate of drug-likeness (QED) is 0.858. The summed E-state index contributed by atoms with van der Waals surface area (Å²) in [6.07, 6.45) is -3.64. The third-order valence-corrected chi connectivity index (χ3v) is 5.41. The Labute approximate surface area is 155 Å². The highest BCUT2D eigenvalue weighted by Crippen LogP contribution is 2.51. The van der Waals surface area contributed by atoms with Crippen LogP contribution in [-0.4, -0.2) is 33.3 Å². The van der Waals surface area contributed by atoms with Crippen LogP contribution >= 0.6 is 0 Å². The second-order valence-corrected chi connectivity index (χ2v) is 6.94. The summed E-state index contributed by atoms with van der Waals surface area (Å²) in [5, 5.41) is 3.29. The molecule has 2 aromatic rings. The summed E-state index contributed by atoms with van der Waals surface area (Å²) < 4.78 is 52.6. The normalized spacial score (nSPS) is 21.6. The fraction of sp³-hybridized carbons (Fsp3) is 0.400. The maximum atomic E-state index is 13.8. The van der Waals surface area contributed by atoms with Crippen molar-refractivity contribution < 1.29 is 22.6 Å². The molecular formula is C20H21F3N2O2. The van der Waals surface area contributed by atoms with Gasteiger partial charge in [0.25, 0.3) is 0 Å². The van der Waals surface area contributed by atoms with E-state index in [0.29, 0.717) is 23.6 Å². The molecule has 144 valence electrons. The molecule has 1 saturated heterocycles. The van der Waals surface area contributed by atoms with Crippen LogP contribution in [-0.2, 0) is 6.18 Å². The predicted octanol–water partition coefficient (Wildman–Crippen LogP) is 4.40. The van der Waals surface area contributed by atoms with Crippen molar-refractivity contribution in [1.29, 1.82) is 0 Å². The van der Waals surface area contributed by atoms with Gasteiger partial charge in [0.1, 0.15) is 5.75 Å². The van der Waals surface area contributed by atoms with Crippen LogP contribution in [0.2, 0.25) is 0 Å². The molecule has 2 heterocycles. The lowest BCUT2D eigenvalue weighted by atomic mass is 9.89. The number of hydrogen-bond acceptors (Lipinski definition) is 4. The molecule has 1 fully saturated rings. The smallest absolute Gasteiger partial charge is 0.418 e. The lowest BCUT2D eigenvalue weighted by molar-refractivity contribution is -0.137. The van der Waals surface area contributed by atoms with Crippen LogP contribution in [0.4, 0.5) is 18.9 Å². The molecule has 0 aliphatic carbocycles. The summed E-state index contributed by atoms with van der Waals surface area (Å²) in [6.45, 7) is 1.48. The van der Waals surface area contributed by atoms with Gasteiger partial charge in [-0.2, -0.15) is 13.2 Å². The molecule has 2 unspecified atom stereocenters. The van der Waals surface area contributed by atoms with E-state index in [2.05, 4.69) is 5.32 Å². The zero-order chi connectivity index (χ0) is 19.2. The molecule has 2 aliphatic rings. The van der Waals surface area contributed by atoms with E-state index in [-0.39, 0.29) is 23.4 Å². The highest BCUT2D eigenvalue weighted by Gasteiger charge is 2.45. The van der Waals surface area contributed by atoms with Gasteiger partial charge >= 0.3 is 6.18 Å². The molecule has 0 amide bonds. The van der Waals surface area contributed by atoms with E-state index >= 15 is 0 Å². The van der Waals surface area contributed by atoms with E-state index in [9.17, 15) is 13.2 Å². The minimum Gasteiger partial charge on any atom is -0.493 e. The summed E-state index contributed by atoms with van der Waals surface area (Å²) >= 11 is 0. The summed E-state index contributed by atoms with van der Waals surface area (Å²) in [4.78, 5) is 1.79. The number of methoxy groups -OCH3 is 1. The van der Waals surface area contributed by atoms with E-state index in [1.807, 2.05) is 0 Å². The van der Waals surface area contributed by atoms with Crippen molar-refractivity contribution in [2.24, 2.45) is 0 Å². The van der Waals surface area contributed by atoms with Crippen LogP contribution in [0.5, 0.6) is 17.2 Å². The summed E-state index contributed by atoms with van der Waals surface area (Å²) in [7, 11) is 3.25. The van der Waals surface area contributed by atoms with Crippen molar-refractivity contribution in [3.8, 4) is 17.2 Å². The number of alkyl halides is 3. The highest BCUT2D eigenvalue weighted by molar-refractivity contribution is 5.69. The van der Waals surface area contributed by atoms with Crippen LogP contribution in [0.15, 0.2) is 36.4 Å². The Morgan fingerprint density at radius 3 is 2.59 bits per heavy atom. The Bertz CT molecular complexity index is 854. The lowest BCUT2D eigenvalue weighted by Crippen LogP contribution is -2.42. The fourth-order valence-electron chi connectivity index (χ4n) is 4.20. The number of benzene rings is 2. The third kappa shape index (κ3) is 3.10. The van der Waals surface area contributed by atoms with Gasteiger partial charge in [-0.1, -0.05) is 12.1 Å². The molecule has 1 N–H and O–H groups in total. The number of halogens is 3. The van der Waals surface area contributed by atoms with Crippen LogP contribution in [0.1, 0.15) is 23.5 Å².